The van der Waals surface area contributed by atoms with Gasteiger partial charge in [0.05, 0.1) is 12.0 Å². The Bertz CT molecular complexity index is 476. The molecule has 0 unspecified atom stereocenters. The van der Waals surface area contributed by atoms with Crippen LogP contribution >= 0.6 is 0 Å². The maximum Gasteiger partial charge on any atom is 0.416 e. The first-order valence-electron chi connectivity index (χ1n) is 6.49. The van der Waals surface area contributed by atoms with Gasteiger partial charge in [0.1, 0.15) is 0 Å². The van der Waals surface area contributed by atoms with Gasteiger partial charge in [0.2, 0.25) is 0 Å². The Hall–Kier alpha value is -1.76. The number of carboxylic acids is 1. The second-order valence-electron chi connectivity index (χ2n) is 4.98. The SMILES string of the molecule is CN(C)CCN(CCC(=O)O)c1cccc(C(F)(F)F)c1. The highest BCUT2D eigenvalue weighted by Crippen LogP contribution is 2.31. The van der Waals surface area contributed by atoms with E-state index in [0.717, 1.165) is 12.1 Å². The molecular formula is C14H19F3N2O2. The van der Waals surface area contributed by atoms with Crippen LogP contribution in [0.3, 0.4) is 0 Å². The van der Waals surface area contributed by atoms with Crippen LogP contribution in [0.4, 0.5) is 18.9 Å². The van der Waals surface area contributed by atoms with Crippen molar-refractivity contribution in [3.8, 4) is 0 Å². The molecular weight excluding hydrogens is 285 g/mol. The molecule has 0 atom stereocenters. The fraction of sp³-hybridized carbons (Fsp3) is 0.500. The average Bonchev–Trinajstić information content (AvgIpc) is 2.37. The van der Waals surface area contributed by atoms with Crippen LogP contribution in [0.25, 0.3) is 0 Å². The van der Waals surface area contributed by atoms with E-state index in [1.54, 1.807) is 11.0 Å². The normalized spacial score (nSPS) is 11.7. The number of hydrogen-bond donors (Lipinski definition) is 1. The smallest absolute Gasteiger partial charge is 0.416 e. The average molecular weight is 304 g/mol. The molecule has 21 heavy (non-hydrogen) atoms. The van der Waals surface area contributed by atoms with Crippen molar-refractivity contribution >= 4 is 11.7 Å². The third-order valence-electron chi connectivity index (χ3n) is 2.95. The Kier molecular flexibility index (Phi) is 6.02. The van der Waals surface area contributed by atoms with Crippen molar-refractivity contribution in [1.82, 2.24) is 4.90 Å². The Labute approximate surface area is 121 Å². The van der Waals surface area contributed by atoms with E-state index in [1.807, 2.05) is 19.0 Å². The lowest BCUT2D eigenvalue weighted by atomic mass is 10.1. The van der Waals surface area contributed by atoms with Crippen molar-refractivity contribution in [2.24, 2.45) is 0 Å². The van der Waals surface area contributed by atoms with Gasteiger partial charge >= 0.3 is 12.1 Å². The van der Waals surface area contributed by atoms with Crippen LogP contribution in [-0.4, -0.2) is 49.7 Å². The van der Waals surface area contributed by atoms with E-state index in [9.17, 15) is 18.0 Å². The number of carbonyl (C=O) groups is 1. The summed E-state index contributed by atoms with van der Waals surface area (Å²) in [4.78, 5) is 14.2. The molecule has 0 aliphatic carbocycles. The maximum absolute atomic E-state index is 12.7. The number of carboxylic acid groups (broad SMARTS) is 1. The first-order chi connectivity index (χ1) is 9.70. The van der Waals surface area contributed by atoms with Gasteiger partial charge < -0.3 is 14.9 Å². The van der Waals surface area contributed by atoms with Gasteiger partial charge in [-0.15, -0.1) is 0 Å². The van der Waals surface area contributed by atoms with Crippen molar-refractivity contribution in [2.45, 2.75) is 12.6 Å². The maximum atomic E-state index is 12.7. The topological polar surface area (TPSA) is 43.8 Å². The van der Waals surface area contributed by atoms with Crippen LogP contribution in [0, 0.1) is 0 Å². The molecule has 1 aromatic rings. The lowest BCUT2D eigenvalue weighted by molar-refractivity contribution is -0.138. The van der Waals surface area contributed by atoms with Crippen molar-refractivity contribution < 1.29 is 23.1 Å². The van der Waals surface area contributed by atoms with E-state index in [4.69, 9.17) is 5.11 Å². The second-order valence-corrected chi connectivity index (χ2v) is 4.98. The van der Waals surface area contributed by atoms with Gasteiger partial charge in [-0.25, -0.2) is 0 Å². The summed E-state index contributed by atoms with van der Waals surface area (Å²) < 4.78 is 38.2. The summed E-state index contributed by atoms with van der Waals surface area (Å²) in [6.45, 7) is 1.25. The molecule has 7 heteroatoms. The number of alkyl halides is 3. The summed E-state index contributed by atoms with van der Waals surface area (Å²) in [7, 11) is 3.70. The Morgan fingerprint density at radius 3 is 2.38 bits per heavy atom. The van der Waals surface area contributed by atoms with Gasteiger partial charge in [-0.3, -0.25) is 4.79 Å². The molecule has 118 valence electrons. The molecule has 0 fully saturated rings. The summed E-state index contributed by atoms with van der Waals surface area (Å²) >= 11 is 0. The highest BCUT2D eigenvalue weighted by Gasteiger charge is 2.30. The van der Waals surface area contributed by atoms with Crippen LogP contribution in [-0.2, 0) is 11.0 Å². The van der Waals surface area contributed by atoms with Crippen molar-refractivity contribution in [1.29, 1.82) is 0 Å². The Morgan fingerprint density at radius 2 is 1.86 bits per heavy atom. The molecule has 1 N–H and O–H groups in total. The molecule has 0 saturated carbocycles. The van der Waals surface area contributed by atoms with Gasteiger partial charge in [0.25, 0.3) is 0 Å². The number of halogens is 3. The van der Waals surface area contributed by atoms with E-state index in [0.29, 0.717) is 18.8 Å². The quantitative estimate of drug-likeness (QED) is 0.841. The van der Waals surface area contributed by atoms with Gasteiger partial charge in [-0.05, 0) is 32.3 Å². The molecule has 0 saturated heterocycles. The summed E-state index contributed by atoms with van der Waals surface area (Å²) in [6, 6.07) is 4.96. The predicted octanol–water partition coefficient (Wildman–Crippen LogP) is 2.55. The molecule has 0 aliphatic rings. The number of aliphatic carboxylic acids is 1. The molecule has 0 spiro atoms. The van der Waals surface area contributed by atoms with E-state index in [2.05, 4.69) is 0 Å². The van der Waals surface area contributed by atoms with Crippen molar-refractivity contribution in [3.05, 3.63) is 29.8 Å². The van der Waals surface area contributed by atoms with Gasteiger partial charge in [0, 0.05) is 25.3 Å². The Morgan fingerprint density at radius 1 is 1.19 bits per heavy atom. The molecule has 0 heterocycles. The number of rotatable bonds is 7. The fourth-order valence-corrected chi connectivity index (χ4v) is 1.80. The molecule has 4 nitrogen and oxygen atoms in total. The third-order valence-corrected chi connectivity index (χ3v) is 2.95. The molecule has 1 aromatic carbocycles. The minimum atomic E-state index is -4.41. The van der Waals surface area contributed by atoms with E-state index >= 15 is 0 Å². The highest BCUT2D eigenvalue weighted by atomic mass is 19.4. The van der Waals surface area contributed by atoms with E-state index in [1.165, 1.54) is 6.07 Å². The first kappa shape index (κ1) is 17.3. The zero-order valence-corrected chi connectivity index (χ0v) is 12.0. The van der Waals surface area contributed by atoms with Crippen molar-refractivity contribution in [3.63, 3.8) is 0 Å². The van der Waals surface area contributed by atoms with Crippen LogP contribution in [0.5, 0.6) is 0 Å². The number of nitrogens with zero attached hydrogens (tertiary/aromatic N) is 2. The largest absolute Gasteiger partial charge is 0.481 e. The van der Waals surface area contributed by atoms with Crippen molar-refractivity contribution in [2.75, 3.05) is 38.6 Å². The summed E-state index contributed by atoms with van der Waals surface area (Å²) in [5.41, 5.74) is -0.349. The lowest BCUT2D eigenvalue weighted by Crippen LogP contribution is -2.33. The minimum absolute atomic E-state index is 0.121. The first-order valence-corrected chi connectivity index (χ1v) is 6.49. The van der Waals surface area contributed by atoms with Crippen LogP contribution in [0.2, 0.25) is 0 Å². The molecule has 0 amide bonds. The fourth-order valence-electron chi connectivity index (χ4n) is 1.80. The van der Waals surface area contributed by atoms with E-state index < -0.39 is 17.7 Å². The second kappa shape index (κ2) is 7.31. The van der Waals surface area contributed by atoms with Gasteiger partial charge in [-0.1, -0.05) is 6.07 Å². The standard InChI is InChI=1S/C14H19F3N2O2/c1-18(2)8-9-19(7-6-13(20)21)12-5-3-4-11(10-12)14(15,16)17/h3-5,10H,6-9H2,1-2H3,(H,20,21). The minimum Gasteiger partial charge on any atom is -0.481 e. The van der Waals surface area contributed by atoms with E-state index in [-0.39, 0.29) is 13.0 Å². The molecule has 1 rings (SSSR count). The zero-order valence-electron chi connectivity index (χ0n) is 12.0. The molecule has 0 aliphatic heterocycles. The molecule has 0 bridgehead atoms. The summed E-state index contributed by atoms with van der Waals surface area (Å²) in [5, 5.41) is 8.75. The van der Waals surface area contributed by atoms with Crippen LogP contribution < -0.4 is 4.90 Å². The lowest BCUT2D eigenvalue weighted by Gasteiger charge is -2.26. The monoisotopic (exact) mass is 304 g/mol. The van der Waals surface area contributed by atoms with Gasteiger partial charge in [0.15, 0.2) is 0 Å². The number of benzene rings is 1. The molecule has 0 aromatic heterocycles. The summed E-state index contributed by atoms with van der Waals surface area (Å²) in [5.74, 6) is -0.975. The van der Waals surface area contributed by atoms with Crippen LogP contribution in [0.15, 0.2) is 24.3 Å². The predicted molar refractivity (Wildman–Crippen MR) is 74.5 cm³/mol. The number of anilines is 1. The van der Waals surface area contributed by atoms with Gasteiger partial charge in [-0.2, -0.15) is 13.2 Å². The Balaban J connectivity index is 2.92. The molecule has 0 radical (unpaired) electrons. The highest BCUT2D eigenvalue weighted by molar-refractivity contribution is 5.67. The summed E-state index contributed by atoms with van der Waals surface area (Å²) in [6.07, 6.45) is -4.53. The third kappa shape index (κ3) is 6.03. The van der Waals surface area contributed by atoms with Crippen LogP contribution in [0.1, 0.15) is 12.0 Å². The number of likely N-dealkylation sites (N-methyl/N-ethyl adjacent to an activating group) is 1. The zero-order chi connectivity index (χ0) is 16.0. The number of hydrogen-bond acceptors (Lipinski definition) is 3.